The van der Waals surface area contributed by atoms with E-state index in [0.717, 1.165) is 16.0 Å². The number of amides is 1. The van der Waals surface area contributed by atoms with Crippen molar-refractivity contribution in [3.05, 3.63) is 51.4 Å². The number of fused-ring (bicyclic) bond motifs is 2. The first-order valence-corrected chi connectivity index (χ1v) is 8.18. The Morgan fingerprint density at radius 1 is 1.33 bits per heavy atom. The fourth-order valence-electron chi connectivity index (χ4n) is 2.44. The van der Waals surface area contributed by atoms with E-state index in [1.807, 2.05) is 13.0 Å². The van der Waals surface area contributed by atoms with Gasteiger partial charge >= 0.3 is 0 Å². The summed E-state index contributed by atoms with van der Waals surface area (Å²) in [4.78, 5) is 30.8. The second-order valence-corrected chi connectivity index (χ2v) is 6.33. The van der Waals surface area contributed by atoms with Crippen molar-refractivity contribution in [1.82, 2.24) is 9.66 Å². The van der Waals surface area contributed by atoms with Crippen LogP contribution in [-0.4, -0.2) is 22.4 Å². The minimum absolute atomic E-state index is 0.137. The lowest BCUT2D eigenvalue weighted by Gasteiger charge is -2.08. The van der Waals surface area contributed by atoms with Gasteiger partial charge in [-0.2, -0.15) is 0 Å². The first kappa shape index (κ1) is 14.7. The van der Waals surface area contributed by atoms with Crippen molar-refractivity contribution >= 4 is 27.5 Å². The van der Waals surface area contributed by atoms with Crippen molar-refractivity contribution in [1.29, 1.82) is 0 Å². The zero-order valence-electron chi connectivity index (χ0n) is 12.7. The summed E-state index contributed by atoms with van der Waals surface area (Å²) in [6.45, 7) is 2.16. The molecule has 1 aliphatic rings. The zero-order chi connectivity index (χ0) is 16.7. The Morgan fingerprint density at radius 3 is 3.00 bits per heavy atom. The first-order chi connectivity index (χ1) is 11.7. The molecule has 0 saturated carbocycles. The van der Waals surface area contributed by atoms with Crippen molar-refractivity contribution in [3.63, 3.8) is 0 Å². The van der Waals surface area contributed by atoms with E-state index in [1.54, 1.807) is 18.2 Å². The van der Waals surface area contributed by atoms with Crippen LogP contribution in [0.25, 0.3) is 10.2 Å². The number of carbonyl (C=O) groups is 1. The van der Waals surface area contributed by atoms with E-state index in [9.17, 15) is 9.59 Å². The summed E-state index contributed by atoms with van der Waals surface area (Å²) in [6, 6.07) is 6.67. The molecule has 122 valence electrons. The van der Waals surface area contributed by atoms with Crippen LogP contribution in [0.3, 0.4) is 0 Å². The summed E-state index contributed by atoms with van der Waals surface area (Å²) in [5, 5.41) is 0.505. The number of thiophene rings is 1. The molecule has 3 heterocycles. The lowest BCUT2D eigenvalue weighted by Crippen LogP contribution is -2.32. The van der Waals surface area contributed by atoms with Gasteiger partial charge in [0, 0.05) is 10.4 Å². The van der Waals surface area contributed by atoms with Crippen molar-refractivity contribution in [2.45, 2.75) is 13.3 Å². The number of hydrogen-bond acceptors (Lipinski definition) is 6. The molecule has 8 heteroatoms. The van der Waals surface area contributed by atoms with E-state index in [-0.39, 0.29) is 12.4 Å². The van der Waals surface area contributed by atoms with Gasteiger partial charge in [-0.15, -0.1) is 11.3 Å². The molecule has 3 aromatic rings. The molecular formula is C16H13N3O4S. The van der Waals surface area contributed by atoms with Gasteiger partial charge in [0.05, 0.1) is 5.39 Å². The highest BCUT2D eigenvalue weighted by atomic mass is 32.1. The van der Waals surface area contributed by atoms with Gasteiger partial charge in [-0.3, -0.25) is 15.0 Å². The number of nitrogens with zero attached hydrogens (tertiary/aromatic N) is 2. The van der Waals surface area contributed by atoms with E-state index >= 15 is 0 Å². The molecule has 1 amide bonds. The number of benzene rings is 1. The molecule has 1 aliphatic heterocycles. The number of hydrogen-bond donors (Lipinski definition) is 1. The number of ether oxygens (including phenoxy) is 2. The number of aryl methyl sites for hydroxylation is 1. The van der Waals surface area contributed by atoms with Crippen LogP contribution in [0.4, 0.5) is 0 Å². The molecule has 4 rings (SSSR count). The topological polar surface area (TPSA) is 82.5 Å². The van der Waals surface area contributed by atoms with Crippen LogP contribution < -0.4 is 20.5 Å². The van der Waals surface area contributed by atoms with Gasteiger partial charge in [0.2, 0.25) is 6.79 Å². The standard InChI is InChI=1S/C16H13N3O4S/c1-2-10-6-11-15(24-10)17-7-19(16(11)21)18-14(20)9-3-4-12-13(5-9)23-8-22-12/h3-7H,2,8H2,1H3,(H,18,20). The van der Waals surface area contributed by atoms with Gasteiger partial charge in [0.25, 0.3) is 11.5 Å². The molecule has 0 atom stereocenters. The van der Waals surface area contributed by atoms with Crippen LogP contribution in [0.15, 0.2) is 35.4 Å². The summed E-state index contributed by atoms with van der Waals surface area (Å²) in [7, 11) is 0. The molecule has 0 spiro atoms. The van der Waals surface area contributed by atoms with Crippen LogP contribution in [-0.2, 0) is 6.42 Å². The molecule has 2 aromatic heterocycles. The minimum atomic E-state index is -0.428. The molecule has 0 aliphatic carbocycles. The molecule has 24 heavy (non-hydrogen) atoms. The maximum Gasteiger partial charge on any atom is 0.280 e. The Bertz CT molecular complexity index is 1010. The Balaban J connectivity index is 1.65. The van der Waals surface area contributed by atoms with Gasteiger partial charge in [-0.05, 0) is 30.7 Å². The van der Waals surface area contributed by atoms with Crippen LogP contribution >= 0.6 is 11.3 Å². The summed E-state index contributed by atoms with van der Waals surface area (Å²) < 4.78 is 11.6. The summed E-state index contributed by atoms with van der Waals surface area (Å²) in [5.41, 5.74) is 2.61. The van der Waals surface area contributed by atoms with E-state index in [4.69, 9.17) is 9.47 Å². The number of nitrogens with one attached hydrogen (secondary N) is 1. The lowest BCUT2D eigenvalue weighted by atomic mass is 10.2. The maximum atomic E-state index is 12.5. The summed E-state index contributed by atoms with van der Waals surface area (Å²) in [6.07, 6.45) is 2.16. The summed E-state index contributed by atoms with van der Waals surface area (Å²) in [5.74, 6) is 0.675. The van der Waals surface area contributed by atoms with E-state index < -0.39 is 5.91 Å². The van der Waals surface area contributed by atoms with Gasteiger partial charge in [0.15, 0.2) is 11.5 Å². The van der Waals surface area contributed by atoms with E-state index in [0.29, 0.717) is 27.3 Å². The first-order valence-electron chi connectivity index (χ1n) is 7.37. The fourth-order valence-corrected chi connectivity index (χ4v) is 3.36. The Kier molecular flexibility index (Phi) is 3.46. The largest absolute Gasteiger partial charge is 0.454 e. The monoisotopic (exact) mass is 343 g/mol. The molecule has 0 unspecified atom stereocenters. The van der Waals surface area contributed by atoms with Gasteiger partial charge in [-0.1, -0.05) is 6.92 Å². The van der Waals surface area contributed by atoms with Crippen LogP contribution in [0.1, 0.15) is 22.2 Å². The third-order valence-corrected chi connectivity index (χ3v) is 4.90. The normalized spacial score (nSPS) is 12.5. The Labute approximate surface area is 140 Å². The highest BCUT2D eigenvalue weighted by molar-refractivity contribution is 7.18. The molecule has 0 saturated heterocycles. The quantitative estimate of drug-likeness (QED) is 0.788. The predicted octanol–water partition coefficient (Wildman–Crippen LogP) is 2.13. The van der Waals surface area contributed by atoms with Crippen molar-refractivity contribution in [2.75, 3.05) is 12.2 Å². The number of carbonyl (C=O) groups excluding carboxylic acids is 1. The third kappa shape index (κ3) is 2.41. The zero-order valence-corrected chi connectivity index (χ0v) is 13.6. The van der Waals surface area contributed by atoms with E-state index in [1.165, 1.54) is 17.7 Å². The Hall–Kier alpha value is -2.87. The van der Waals surface area contributed by atoms with Crippen molar-refractivity contribution < 1.29 is 14.3 Å². The smallest absolute Gasteiger partial charge is 0.280 e. The van der Waals surface area contributed by atoms with Crippen LogP contribution in [0, 0.1) is 0 Å². The molecule has 7 nitrogen and oxygen atoms in total. The molecule has 1 N–H and O–H groups in total. The van der Waals surface area contributed by atoms with Crippen molar-refractivity contribution in [2.24, 2.45) is 0 Å². The van der Waals surface area contributed by atoms with Gasteiger partial charge in [-0.25, -0.2) is 9.66 Å². The second kappa shape index (κ2) is 5.64. The SMILES string of the molecule is CCc1cc2c(=O)n(NC(=O)c3ccc4c(c3)OCO4)cnc2s1. The van der Waals surface area contributed by atoms with Crippen LogP contribution in [0.2, 0.25) is 0 Å². The fraction of sp³-hybridized carbons (Fsp3) is 0.188. The number of rotatable bonds is 3. The highest BCUT2D eigenvalue weighted by Gasteiger charge is 2.17. The van der Waals surface area contributed by atoms with Crippen molar-refractivity contribution in [3.8, 4) is 11.5 Å². The summed E-state index contributed by atoms with van der Waals surface area (Å²) >= 11 is 1.48. The average molecular weight is 343 g/mol. The minimum Gasteiger partial charge on any atom is -0.454 e. The molecule has 1 aromatic carbocycles. The molecular weight excluding hydrogens is 330 g/mol. The van der Waals surface area contributed by atoms with E-state index in [2.05, 4.69) is 10.4 Å². The Morgan fingerprint density at radius 2 is 2.17 bits per heavy atom. The molecule has 0 bridgehead atoms. The third-order valence-electron chi connectivity index (χ3n) is 3.71. The predicted molar refractivity (Wildman–Crippen MR) is 89.5 cm³/mol. The average Bonchev–Trinajstić information content (AvgIpc) is 3.23. The lowest BCUT2D eigenvalue weighted by molar-refractivity contribution is 0.101. The maximum absolute atomic E-state index is 12.5. The molecule has 0 radical (unpaired) electrons. The highest BCUT2D eigenvalue weighted by Crippen LogP contribution is 2.32. The van der Waals surface area contributed by atoms with Crippen LogP contribution in [0.5, 0.6) is 11.5 Å². The molecule has 0 fully saturated rings. The van der Waals surface area contributed by atoms with Gasteiger partial charge in [0.1, 0.15) is 11.2 Å². The second-order valence-electron chi connectivity index (χ2n) is 5.21. The van der Waals surface area contributed by atoms with Gasteiger partial charge < -0.3 is 9.47 Å². The number of aromatic nitrogens is 2.